The third kappa shape index (κ3) is 4.80. The van der Waals surface area contributed by atoms with E-state index in [1.807, 2.05) is 19.1 Å². The molecule has 156 valence electrons. The summed E-state index contributed by atoms with van der Waals surface area (Å²) in [6, 6.07) is 7.42. The molecule has 5 heteroatoms. The fourth-order valence-electron chi connectivity index (χ4n) is 4.40. The number of nitrogens with zero attached hydrogens (tertiary/aromatic N) is 1. The van der Waals surface area contributed by atoms with Gasteiger partial charge in [-0.3, -0.25) is 14.6 Å². The Bertz CT molecular complexity index is 851. The Balaban J connectivity index is 2.01. The van der Waals surface area contributed by atoms with Crippen LogP contribution in [0.15, 0.2) is 40.5 Å². The van der Waals surface area contributed by atoms with E-state index in [2.05, 4.69) is 20.8 Å². The van der Waals surface area contributed by atoms with Gasteiger partial charge in [0.05, 0.1) is 6.61 Å². The van der Waals surface area contributed by atoms with Gasteiger partial charge in [0.25, 0.3) is 0 Å². The standard InChI is InChI=1S/C24H30ClNO3/c1-5-6-7-12-29-23(28)20-15(2)26-18-13-24(3,4)14-19(27)22(18)21(20)16-8-10-17(25)11-9-16/h8-11,20-21H,5-7,12-14H2,1-4H3/t20?,21-/m1/s1. The molecule has 2 atom stereocenters. The molecule has 29 heavy (non-hydrogen) atoms. The van der Waals surface area contributed by atoms with Gasteiger partial charge in [-0.2, -0.15) is 0 Å². The van der Waals surface area contributed by atoms with Crippen molar-refractivity contribution in [1.82, 2.24) is 0 Å². The number of unbranched alkanes of at least 4 members (excludes halogenated alkanes) is 2. The molecular formula is C24H30ClNO3. The van der Waals surface area contributed by atoms with Crippen LogP contribution in [0.5, 0.6) is 0 Å². The minimum Gasteiger partial charge on any atom is -0.465 e. The van der Waals surface area contributed by atoms with Gasteiger partial charge in [0.2, 0.25) is 0 Å². The van der Waals surface area contributed by atoms with Crippen molar-refractivity contribution in [3.63, 3.8) is 0 Å². The summed E-state index contributed by atoms with van der Waals surface area (Å²) >= 11 is 6.09. The second kappa shape index (κ2) is 8.83. The highest BCUT2D eigenvalue weighted by Gasteiger charge is 2.45. The fourth-order valence-corrected chi connectivity index (χ4v) is 4.52. The molecule has 3 rings (SSSR count). The van der Waals surface area contributed by atoms with Crippen molar-refractivity contribution in [3.8, 4) is 0 Å². The van der Waals surface area contributed by atoms with Gasteiger partial charge in [-0.15, -0.1) is 0 Å². The van der Waals surface area contributed by atoms with E-state index in [9.17, 15) is 9.59 Å². The number of rotatable bonds is 6. The number of esters is 1. The van der Waals surface area contributed by atoms with Gasteiger partial charge in [-0.1, -0.05) is 57.3 Å². The van der Waals surface area contributed by atoms with Crippen molar-refractivity contribution >= 4 is 29.1 Å². The molecule has 0 N–H and O–H groups in total. The maximum Gasteiger partial charge on any atom is 0.315 e. The predicted molar refractivity (Wildman–Crippen MR) is 116 cm³/mol. The summed E-state index contributed by atoms with van der Waals surface area (Å²) in [6.45, 7) is 8.56. The highest BCUT2D eigenvalue weighted by molar-refractivity contribution is 6.30. The Kier molecular flexibility index (Phi) is 6.62. The lowest BCUT2D eigenvalue weighted by Gasteiger charge is -2.39. The second-order valence-electron chi connectivity index (χ2n) is 8.94. The van der Waals surface area contributed by atoms with E-state index in [0.717, 1.165) is 42.7 Å². The largest absolute Gasteiger partial charge is 0.465 e. The average molecular weight is 416 g/mol. The molecule has 0 saturated carbocycles. The molecule has 0 spiro atoms. The zero-order chi connectivity index (χ0) is 21.2. The summed E-state index contributed by atoms with van der Waals surface area (Å²) in [4.78, 5) is 31.0. The highest BCUT2D eigenvalue weighted by Crippen LogP contribution is 2.48. The molecule has 1 unspecified atom stereocenters. The SMILES string of the molecule is CCCCCOC(=O)C1C(C)=NC2=C(C(=O)CC(C)(C)C2)[C@@H]1c1ccc(Cl)cc1. The summed E-state index contributed by atoms with van der Waals surface area (Å²) < 4.78 is 5.61. The van der Waals surface area contributed by atoms with Crippen molar-refractivity contribution in [2.24, 2.45) is 16.3 Å². The molecule has 4 nitrogen and oxygen atoms in total. The first-order chi connectivity index (χ1) is 13.7. The number of hydrogen-bond acceptors (Lipinski definition) is 4. The second-order valence-corrected chi connectivity index (χ2v) is 9.37. The summed E-state index contributed by atoms with van der Waals surface area (Å²) in [6.07, 6.45) is 4.12. The van der Waals surface area contributed by atoms with Crippen molar-refractivity contribution in [3.05, 3.63) is 46.1 Å². The fraction of sp³-hybridized carbons (Fsp3) is 0.542. The molecule has 0 amide bonds. The maximum absolute atomic E-state index is 13.2. The zero-order valence-electron chi connectivity index (χ0n) is 17.8. The average Bonchev–Trinajstić information content (AvgIpc) is 2.63. The van der Waals surface area contributed by atoms with Gasteiger partial charge in [-0.05, 0) is 42.9 Å². The first-order valence-electron chi connectivity index (χ1n) is 10.5. The Morgan fingerprint density at radius 1 is 1.21 bits per heavy atom. The van der Waals surface area contributed by atoms with E-state index in [-0.39, 0.29) is 23.1 Å². The molecule has 1 heterocycles. The lowest BCUT2D eigenvalue weighted by atomic mass is 9.67. The number of ketones is 1. The van der Waals surface area contributed by atoms with Crippen LogP contribution in [-0.4, -0.2) is 24.1 Å². The van der Waals surface area contributed by atoms with Crippen LogP contribution in [-0.2, 0) is 14.3 Å². The number of carbonyl (C=O) groups excluding carboxylic acids is 2. The third-order valence-corrected chi connectivity index (χ3v) is 6.03. The zero-order valence-corrected chi connectivity index (χ0v) is 18.5. The van der Waals surface area contributed by atoms with Gasteiger partial charge < -0.3 is 4.74 Å². The third-order valence-electron chi connectivity index (χ3n) is 5.78. The Morgan fingerprint density at radius 3 is 2.55 bits per heavy atom. The molecule has 0 aromatic heterocycles. The molecule has 1 aromatic carbocycles. The molecule has 1 aliphatic carbocycles. The van der Waals surface area contributed by atoms with Gasteiger partial charge in [0.15, 0.2) is 5.78 Å². The molecule has 1 aromatic rings. The van der Waals surface area contributed by atoms with Crippen molar-refractivity contribution < 1.29 is 14.3 Å². The first kappa shape index (κ1) is 21.8. The van der Waals surface area contributed by atoms with E-state index < -0.39 is 5.92 Å². The normalized spacial score (nSPS) is 23.5. The summed E-state index contributed by atoms with van der Waals surface area (Å²) in [5.74, 6) is -1.17. The number of ether oxygens (including phenoxy) is 1. The van der Waals surface area contributed by atoms with Crippen LogP contribution in [0.25, 0.3) is 0 Å². The number of allylic oxidation sites excluding steroid dienone is 2. The van der Waals surface area contributed by atoms with Crippen molar-refractivity contribution in [1.29, 1.82) is 0 Å². The van der Waals surface area contributed by atoms with E-state index in [1.54, 1.807) is 12.1 Å². The van der Waals surface area contributed by atoms with Crippen LogP contribution in [0.4, 0.5) is 0 Å². The summed E-state index contributed by atoms with van der Waals surface area (Å²) in [5, 5.41) is 0.624. The molecule has 0 radical (unpaired) electrons. The minimum atomic E-state index is -0.582. The van der Waals surface area contributed by atoms with E-state index in [0.29, 0.717) is 23.6 Å². The van der Waals surface area contributed by atoms with Crippen molar-refractivity contribution in [2.75, 3.05) is 6.61 Å². The quantitative estimate of drug-likeness (QED) is 0.430. The van der Waals surface area contributed by atoms with Crippen LogP contribution in [0.2, 0.25) is 5.02 Å². The Morgan fingerprint density at radius 2 is 1.90 bits per heavy atom. The number of Topliss-reactive ketones (excluding diaryl/α,β-unsaturated/α-hetero) is 1. The number of hydrogen-bond donors (Lipinski definition) is 0. The van der Waals surface area contributed by atoms with E-state index >= 15 is 0 Å². The van der Waals surface area contributed by atoms with E-state index in [1.165, 1.54) is 0 Å². The molecular weight excluding hydrogens is 386 g/mol. The molecule has 0 fully saturated rings. The van der Waals surface area contributed by atoms with Gasteiger partial charge in [0, 0.05) is 34.3 Å². The van der Waals surface area contributed by atoms with Crippen molar-refractivity contribution in [2.45, 2.75) is 65.7 Å². The summed E-state index contributed by atoms with van der Waals surface area (Å²) in [7, 11) is 0. The van der Waals surface area contributed by atoms with Crippen LogP contribution < -0.4 is 0 Å². The molecule has 0 bridgehead atoms. The van der Waals surface area contributed by atoms with Crippen LogP contribution in [0.1, 0.15) is 71.3 Å². The lowest BCUT2D eigenvalue weighted by molar-refractivity contribution is -0.146. The maximum atomic E-state index is 13.2. The van der Waals surface area contributed by atoms with Gasteiger partial charge in [-0.25, -0.2) is 0 Å². The molecule has 2 aliphatic rings. The topological polar surface area (TPSA) is 55.7 Å². The summed E-state index contributed by atoms with van der Waals surface area (Å²) in [5.41, 5.74) is 2.98. The molecule has 1 aliphatic heterocycles. The van der Waals surface area contributed by atoms with Gasteiger partial charge >= 0.3 is 5.97 Å². The van der Waals surface area contributed by atoms with Crippen LogP contribution in [0, 0.1) is 11.3 Å². The first-order valence-corrected chi connectivity index (χ1v) is 10.8. The molecule has 0 saturated heterocycles. The minimum absolute atomic E-state index is 0.0798. The van der Waals surface area contributed by atoms with E-state index in [4.69, 9.17) is 21.3 Å². The number of carbonyl (C=O) groups is 2. The predicted octanol–water partition coefficient (Wildman–Crippen LogP) is 5.89. The number of halogens is 1. The Hall–Kier alpha value is -1.94. The number of benzene rings is 1. The lowest BCUT2D eigenvalue weighted by Crippen LogP contribution is -2.39. The highest BCUT2D eigenvalue weighted by atomic mass is 35.5. The van der Waals surface area contributed by atoms with Gasteiger partial charge in [0.1, 0.15) is 5.92 Å². The monoisotopic (exact) mass is 415 g/mol. The van der Waals surface area contributed by atoms with Crippen LogP contribution >= 0.6 is 11.6 Å². The Labute approximate surface area is 178 Å². The van der Waals surface area contributed by atoms with Crippen LogP contribution in [0.3, 0.4) is 0 Å². The number of aliphatic imine (C=N–C) groups is 1. The smallest absolute Gasteiger partial charge is 0.315 e.